The van der Waals surface area contributed by atoms with Gasteiger partial charge in [-0.1, -0.05) is 6.92 Å². The highest BCUT2D eigenvalue weighted by Gasteiger charge is 2.27. The third-order valence-electron chi connectivity index (χ3n) is 2.83. The van der Waals surface area contributed by atoms with Gasteiger partial charge in [-0.3, -0.25) is 0 Å². The highest BCUT2D eigenvalue weighted by molar-refractivity contribution is 9.10. The van der Waals surface area contributed by atoms with Gasteiger partial charge in [0.1, 0.15) is 21.7 Å². The first-order chi connectivity index (χ1) is 7.15. The van der Waals surface area contributed by atoms with E-state index in [1.807, 2.05) is 0 Å². The molecule has 0 saturated heterocycles. The minimum Gasteiger partial charge on any atom is -0.507 e. The minimum atomic E-state index is 0.0167. The summed E-state index contributed by atoms with van der Waals surface area (Å²) in [6.07, 6.45) is 1.87. The van der Waals surface area contributed by atoms with E-state index in [0.29, 0.717) is 22.7 Å². The van der Waals surface area contributed by atoms with Gasteiger partial charge in [0.15, 0.2) is 0 Å². The molecule has 1 atom stereocenters. The highest BCUT2D eigenvalue weighted by Crippen LogP contribution is 2.48. The molecule has 0 bridgehead atoms. The maximum Gasteiger partial charge on any atom is 0.144 e. The van der Waals surface area contributed by atoms with Crippen LogP contribution in [0, 0.1) is 0 Å². The van der Waals surface area contributed by atoms with Crippen molar-refractivity contribution in [2.75, 3.05) is 6.61 Å². The summed E-state index contributed by atoms with van der Waals surface area (Å²) in [5.74, 6) is 1.04. The molecule has 0 spiro atoms. The number of aromatic hydroxyl groups is 2. The Labute approximate surface area is 96.8 Å². The molecule has 0 amide bonds. The van der Waals surface area contributed by atoms with E-state index >= 15 is 0 Å². The van der Waals surface area contributed by atoms with Gasteiger partial charge in [0, 0.05) is 11.6 Å². The fourth-order valence-corrected chi connectivity index (χ4v) is 2.46. The van der Waals surface area contributed by atoms with E-state index < -0.39 is 0 Å². The van der Waals surface area contributed by atoms with E-state index in [1.54, 1.807) is 0 Å². The van der Waals surface area contributed by atoms with Gasteiger partial charge in [-0.05, 0) is 34.7 Å². The molecule has 2 rings (SSSR count). The Kier molecular flexibility index (Phi) is 2.78. The first kappa shape index (κ1) is 10.6. The number of halogens is 1. The van der Waals surface area contributed by atoms with E-state index in [4.69, 9.17) is 4.74 Å². The Hall–Kier alpha value is -0.900. The minimum absolute atomic E-state index is 0.0167. The summed E-state index contributed by atoms with van der Waals surface area (Å²) in [5, 5.41) is 19.3. The standard InChI is InChI=1S/C11H13BrO3/c1-2-6-3-4-15-11-9(6)7(13)5-8(14)10(11)12/h5-6,13-14H,2-4H2,1H3/t6-/m1/s1. The third kappa shape index (κ3) is 1.67. The van der Waals surface area contributed by atoms with Crippen LogP contribution in [0.1, 0.15) is 31.2 Å². The van der Waals surface area contributed by atoms with Gasteiger partial charge < -0.3 is 14.9 Å². The number of phenols is 2. The van der Waals surface area contributed by atoms with Crippen LogP contribution >= 0.6 is 15.9 Å². The Morgan fingerprint density at radius 3 is 2.87 bits per heavy atom. The van der Waals surface area contributed by atoms with Crippen LogP contribution in [-0.2, 0) is 0 Å². The van der Waals surface area contributed by atoms with Gasteiger partial charge in [0.2, 0.25) is 0 Å². The molecule has 1 aliphatic heterocycles. The van der Waals surface area contributed by atoms with Crippen molar-refractivity contribution in [1.29, 1.82) is 0 Å². The normalized spacial score (nSPS) is 19.5. The summed E-state index contributed by atoms with van der Waals surface area (Å²) in [7, 11) is 0. The van der Waals surface area contributed by atoms with Gasteiger partial charge in [0.05, 0.1) is 6.61 Å². The molecule has 15 heavy (non-hydrogen) atoms. The monoisotopic (exact) mass is 272 g/mol. The van der Waals surface area contributed by atoms with Crippen molar-refractivity contribution in [2.45, 2.75) is 25.7 Å². The summed E-state index contributed by atoms with van der Waals surface area (Å²) >= 11 is 3.27. The second-order valence-corrected chi connectivity index (χ2v) is 4.51. The molecule has 0 radical (unpaired) electrons. The molecule has 0 aliphatic carbocycles. The lowest BCUT2D eigenvalue weighted by atomic mass is 9.90. The van der Waals surface area contributed by atoms with Crippen LogP contribution < -0.4 is 4.74 Å². The fourth-order valence-electron chi connectivity index (χ4n) is 2.01. The van der Waals surface area contributed by atoms with Crippen molar-refractivity contribution >= 4 is 15.9 Å². The van der Waals surface area contributed by atoms with E-state index in [0.717, 1.165) is 18.4 Å². The van der Waals surface area contributed by atoms with Gasteiger partial charge in [-0.2, -0.15) is 0 Å². The van der Waals surface area contributed by atoms with E-state index in [9.17, 15) is 10.2 Å². The lowest BCUT2D eigenvalue weighted by molar-refractivity contribution is 0.256. The largest absolute Gasteiger partial charge is 0.507 e. The fraction of sp³-hybridized carbons (Fsp3) is 0.455. The van der Waals surface area contributed by atoms with Crippen LogP contribution in [0.4, 0.5) is 0 Å². The number of rotatable bonds is 1. The molecule has 1 heterocycles. The average molecular weight is 273 g/mol. The van der Waals surface area contributed by atoms with E-state index in [-0.39, 0.29) is 11.5 Å². The van der Waals surface area contributed by atoms with Crippen molar-refractivity contribution in [2.24, 2.45) is 0 Å². The Morgan fingerprint density at radius 2 is 2.20 bits per heavy atom. The van der Waals surface area contributed by atoms with Crippen molar-refractivity contribution in [3.63, 3.8) is 0 Å². The highest BCUT2D eigenvalue weighted by atomic mass is 79.9. The summed E-state index contributed by atoms with van der Waals surface area (Å²) in [4.78, 5) is 0. The smallest absolute Gasteiger partial charge is 0.144 e. The number of fused-ring (bicyclic) bond motifs is 1. The summed E-state index contributed by atoms with van der Waals surface area (Å²) in [6.45, 7) is 2.72. The van der Waals surface area contributed by atoms with Crippen LogP contribution in [0.3, 0.4) is 0 Å². The maximum atomic E-state index is 9.80. The van der Waals surface area contributed by atoms with Crippen molar-refractivity contribution in [3.05, 3.63) is 16.1 Å². The third-order valence-corrected chi connectivity index (χ3v) is 3.60. The number of hydrogen-bond donors (Lipinski definition) is 2. The molecule has 1 aliphatic rings. The molecule has 82 valence electrons. The quantitative estimate of drug-likeness (QED) is 0.826. The predicted octanol–water partition coefficient (Wildman–Crippen LogP) is 3.14. The zero-order valence-corrected chi connectivity index (χ0v) is 10.0. The number of phenolic OH excluding ortho intramolecular Hbond substituents is 2. The lowest BCUT2D eigenvalue weighted by Crippen LogP contribution is -2.14. The molecule has 2 N–H and O–H groups in total. The molecule has 0 unspecified atom stereocenters. The number of hydrogen-bond acceptors (Lipinski definition) is 3. The molecule has 3 nitrogen and oxygen atoms in total. The van der Waals surface area contributed by atoms with Crippen LogP contribution in [0.2, 0.25) is 0 Å². The first-order valence-electron chi connectivity index (χ1n) is 5.02. The van der Waals surface area contributed by atoms with Crippen LogP contribution in [0.5, 0.6) is 17.2 Å². The Morgan fingerprint density at radius 1 is 1.47 bits per heavy atom. The van der Waals surface area contributed by atoms with Gasteiger partial charge in [-0.25, -0.2) is 0 Å². The van der Waals surface area contributed by atoms with Crippen LogP contribution in [-0.4, -0.2) is 16.8 Å². The van der Waals surface area contributed by atoms with E-state index in [2.05, 4.69) is 22.9 Å². The van der Waals surface area contributed by atoms with Crippen molar-refractivity contribution < 1.29 is 14.9 Å². The van der Waals surface area contributed by atoms with Crippen molar-refractivity contribution in [1.82, 2.24) is 0 Å². The van der Waals surface area contributed by atoms with Gasteiger partial charge in [-0.15, -0.1) is 0 Å². The van der Waals surface area contributed by atoms with Crippen LogP contribution in [0.15, 0.2) is 10.5 Å². The molecule has 4 heteroatoms. The van der Waals surface area contributed by atoms with Gasteiger partial charge in [0.25, 0.3) is 0 Å². The van der Waals surface area contributed by atoms with Crippen molar-refractivity contribution in [3.8, 4) is 17.2 Å². The predicted molar refractivity (Wildman–Crippen MR) is 60.6 cm³/mol. The summed E-state index contributed by atoms with van der Waals surface area (Å²) < 4.78 is 6.02. The zero-order valence-electron chi connectivity index (χ0n) is 8.46. The Balaban J connectivity index is 2.61. The summed E-state index contributed by atoms with van der Waals surface area (Å²) in [5.41, 5.74) is 0.813. The number of benzene rings is 1. The molecule has 0 aromatic heterocycles. The molecular formula is C11H13BrO3. The number of ether oxygens (including phenoxy) is 1. The topological polar surface area (TPSA) is 49.7 Å². The van der Waals surface area contributed by atoms with Crippen LogP contribution in [0.25, 0.3) is 0 Å². The average Bonchev–Trinajstić information content (AvgIpc) is 2.25. The first-order valence-corrected chi connectivity index (χ1v) is 5.81. The molecule has 1 aromatic rings. The molecule has 0 saturated carbocycles. The molecular weight excluding hydrogens is 260 g/mol. The van der Waals surface area contributed by atoms with E-state index in [1.165, 1.54) is 6.07 Å². The second-order valence-electron chi connectivity index (χ2n) is 3.71. The van der Waals surface area contributed by atoms with Gasteiger partial charge >= 0.3 is 0 Å². The zero-order chi connectivity index (χ0) is 11.0. The molecule has 1 aromatic carbocycles. The lowest BCUT2D eigenvalue weighted by Gasteiger charge is -2.26. The Bertz CT molecular complexity index is 390. The summed E-state index contributed by atoms with van der Waals surface area (Å²) in [6, 6.07) is 1.36. The SMILES string of the molecule is CC[C@@H]1CCOc2c(Br)c(O)cc(O)c21. The molecule has 0 fully saturated rings. The second kappa shape index (κ2) is 3.93. The maximum absolute atomic E-state index is 9.80.